The molecule has 0 rings (SSSR count). The first-order chi connectivity index (χ1) is 7.19. The maximum Gasteiger partial charge on any atom is 0.332 e. The third-order valence-electron chi connectivity index (χ3n) is 1.49. The summed E-state index contributed by atoms with van der Waals surface area (Å²) in [5.41, 5.74) is -0.965. The van der Waals surface area contributed by atoms with E-state index in [1.165, 1.54) is 20.8 Å². The number of isocyanates is 1. The molecule has 2 atom stereocenters. The number of carbonyl (C=O) groups is 1. The molecule has 0 aromatic rings. The maximum atomic E-state index is 12.6. The highest BCUT2D eigenvalue weighted by Crippen LogP contribution is 2.20. The van der Waals surface area contributed by atoms with Crippen LogP contribution in [0.3, 0.4) is 0 Å². The van der Waals surface area contributed by atoms with Crippen LogP contribution in [0.5, 0.6) is 0 Å². The van der Waals surface area contributed by atoms with E-state index in [1.807, 2.05) is 0 Å². The van der Waals surface area contributed by atoms with Crippen LogP contribution in [0.2, 0.25) is 0 Å². The topological polar surface area (TPSA) is 76.0 Å². The van der Waals surface area contributed by atoms with Crippen LogP contribution < -0.4 is 0 Å². The monoisotopic (exact) mass is 237 g/mol. The van der Waals surface area contributed by atoms with E-state index in [0.717, 1.165) is 6.08 Å². The number of hydrogen-bond donors (Lipinski definition) is 1. The molecule has 0 amide bonds. The number of aliphatic imine (C=N–C) groups is 1. The van der Waals surface area contributed by atoms with E-state index in [9.17, 15) is 18.4 Å². The summed E-state index contributed by atoms with van der Waals surface area (Å²) in [6.07, 6.45) is -4.08. The second-order valence-corrected chi connectivity index (χ2v) is 4.03. The van der Waals surface area contributed by atoms with Crippen LogP contribution in [0.4, 0.5) is 8.78 Å². The summed E-state index contributed by atoms with van der Waals surface area (Å²) in [7, 11) is 0. The summed E-state index contributed by atoms with van der Waals surface area (Å²) in [5.74, 6) is -1.65. The molecule has 0 aliphatic heterocycles. The van der Waals surface area contributed by atoms with Crippen LogP contribution in [0.25, 0.3) is 0 Å². The van der Waals surface area contributed by atoms with Crippen molar-refractivity contribution in [2.45, 2.75) is 44.9 Å². The van der Waals surface area contributed by atoms with Gasteiger partial charge in [-0.3, -0.25) is 0 Å². The molecule has 0 saturated carbocycles. The van der Waals surface area contributed by atoms with Gasteiger partial charge in [-0.15, -0.1) is 0 Å². The number of alkyl halides is 2. The Bertz CT molecular complexity index is 292. The molecule has 0 spiro atoms. The van der Waals surface area contributed by atoms with Crippen molar-refractivity contribution in [1.82, 2.24) is 0 Å². The minimum absolute atomic E-state index is 0.951. The fraction of sp³-hybridized carbons (Fsp3) is 0.778. The number of rotatable bonds is 5. The van der Waals surface area contributed by atoms with Gasteiger partial charge in [0, 0.05) is 0 Å². The Labute approximate surface area is 91.1 Å². The molecule has 2 unspecified atom stereocenters. The van der Waals surface area contributed by atoms with Crippen LogP contribution in [0.15, 0.2) is 4.99 Å². The van der Waals surface area contributed by atoms with E-state index >= 15 is 0 Å². The maximum absolute atomic E-state index is 12.6. The van der Waals surface area contributed by atoms with E-state index in [2.05, 4.69) is 4.99 Å². The predicted molar refractivity (Wildman–Crippen MR) is 50.2 cm³/mol. The van der Waals surface area contributed by atoms with E-state index < -0.39 is 30.1 Å². The zero-order valence-corrected chi connectivity index (χ0v) is 9.11. The highest BCUT2D eigenvalue weighted by Gasteiger charge is 2.38. The largest absolute Gasteiger partial charge is 0.480 e. The fourth-order valence-electron chi connectivity index (χ4n) is 0.988. The summed E-state index contributed by atoms with van der Waals surface area (Å²) in [4.78, 5) is 23.4. The van der Waals surface area contributed by atoms with Gasteiger partial charge in [0.25, 0.3) is 6.43 Å². The number of halogens is 2. The molecule has 0 aliphatic carbocycles. The number of carbonyl (C=O) groups excluding carboxylic acids is 1. The molecule has 0 fully saturated rings. The summed E-state index contributed by atoms with van der Waals surface area (Å²) < 4.78 is 30.0. The highest BCUT2D eigenvalue weighted by molar-refractivity contribution is 5.75. The summed E-state index contributed by atoms with van der Waals surface area (Å²) in [5, 5.41) is 8.63. The second-order valence-electron chi connectivity index (χ2n) is 4.03. The lowest BCUT2D eigenvalue weighted by molar-refractivity contribution is -0.159. The Morgan fingerprint density at radius 3 is 2.19 bits per heavy atom. The molecular weight excluding hydrogens is 224 g/mol. The molecule has 0 aliphatic rings. The Morgan fingerprint density at radius 2 is 1.94 bits per heavy atom. The SMILES string of the molecule is CC(C)(C)OC(C(F)F)C(N=C=O)C(=O)O. The first kappa shape index (κ1) is 14.7. The van der Waals surface area contributed by atoms with Gasteiger partial charge in [-0.2, -0.15) is 4.99 Å². The third kappa shape index (κ3) is 4.95. The Balaban J connectivity index is 5.00. The fourth-order valence-corrected chi connectivity index (χ4v) is 0.988. The minimum Gasteiger partial charge on any atom is -0.480 e. The number of nitrogens with zero attached hydrogens (tertiary/aromatic N) is 1. The van der Waals surface area contributed by atoms with Crippen molar-refractivity contribution in [1.29, 1.82) is 0 Å². The summed E-state index contributed by atoms with van der Waals surface area (Å²) in [6.45, 7) is 4.48. The Morgan fingerprint density at radius 1 is 1.44 bits per heavy atom. The third-order valence-corrected chi connectivity index (χ3v) is 1.49. The van der Waals surface area contributed by atoms with Gasteiger partial charge in [0.2, 0.25) is 6.08 Å². The molecule has 0 aromatic carbocycles. The molecule has 0 saturated heterocycles. The molecule has 5 nitrogen and oxygen atoms in total. The molecule has 92 valence electrons. The molecule has 0 radical (unpaired) electrons. The van der Waals surface area contributed by atoms with Crippen molar-refractivity contribution in [3.8, 4) is 0 Å². The van der Waals surface area contributed by atoms with Gasteiger partial charge in [-0.25, -0.2) is 18.4 Å². The van der Waals surface area contributed by atoms with E-state index in [1.54, 1.807) is 0 Å². The van der Waals surface area contributed by atoms with E-state index in [0.29, 0.717) is 0 Å². The van der Waals surface area contributed by atoms with Gasteiger partial charge in [-0.1, -0.05) is 0 Å². The number of aliphatic carboxylic acids is 1. The normalized spacial score (nSPS) is 15.4. The van der Waals surface area contributed by atoms with Crippen molar-refractivity contribution in [2.75, 3.05) is 0 Å². The zero-order valence-electron chi connectivity index (χ0n) is 9.11. The standard InChI is InChI=1S/C9H13F2NO4/c1-9(2,3)16-6(7(10)11)5(8(14)15)12-4-13/h5-7H,1-3H3,(H,14,15). The molecular formula is C9H13F2NO4. The van der Waals surface area contributed by atoms with Crippen LogP contribution in [-0.4, -0.2) is 41.3 Å². The lowest BCUT2D eigenvalue weighted by atomic mass is 10.1. The van der Waals surface area contributed by atoms with E-state index in [-0.39, 0.29) is 0 Å². The van der Waals surface area contributed by atoms with Gasteiger partial charge in [-0.05, 0) is 20.8 Å². The Kier molecular flexibility index (Phi) is 5.20. The van der Waals surface area contributed by atoms with Gasteiger partial charge in [0.15, 0.2) is 12.1 Å². The average molecular weight is 237 g/mol. The number of ether oxygens (including phenoxy) is 1. The van der Waals surface area contributed by atoms with Crippen LogP contribution in [0, 0.1) is 0 Å². The average Bonchev–Trinajstić information content (AvgIpc) is 2.08. The number of hydrogen-bond acceptors (Lipinski definition) is 4. The predicted octanol–water partition coefficient (Wildman–Crippen LogP) is 1.22. The van der Waals surface area contributed by atoms with Crippen molar-refractivity contribution < 1.29 is 28.2 Å². The first-order valence-electron chi connectivity index (χ1n) is 4.45. The van der Waals surface area contributed by atoms with Gasteiger partial charge in [0.1, 0.15) is 0 Å². The second kappa shape index (κ2) is 5.67. The van der Waals surface area contributed by atoms with Crippen molar-refractivity contribution in [2.24, 2.45) is 4.99 Å². The lowest BCUT2D eigenvalue weighted by Gasteiger charge is -2.28. The van der Waals surface area contributed by atoms with Gasteiger partial charge >= 0.3 is 5.97 Å². The molecule has 16 heavy (non-hydrogen) atoms. The summed E-state index contributed by atoms with van der Waals surface area (Å²) >= 11 is 0. The van der Waals surface area contributed by atoms with Crippen LogP contribution in [0.1, 0.15) is 20.8 Å². The molecule has 7 heteroatoms. The lowest BCUT2D eigenvalue weighted by Crippen LogP contribution is -2.44. The first-order valence-corrected chi connectivity index (χ1v) is 4.45. The number of carboxylic acid groups (broad SMARTS) is 1. The quantitative estimate of drug-likeness (QED) is 0.576. The molecule has 0 bridgehead atoms. The van der Waals surface area contributed by atoms with Crippen molar-refractivity contribution in [3.05, 3.63) is 0 Å². The molecule has 0 aromatic heterocycles. The smallest absolute Gasteiger partial charge is 0.332 e. The Hall–Kier alpha value is -1.33. The van der Waals surface area contributed by atoms with Crippen molar-refractivity contribution >= 4 is 12.0 Å². The van der Waals surface area contributed by atoms with Gasteiger partial charge in [0.05, 0.1) is 5.60 Å². The molecule has 0 heterocycles. The minimum atomic E-state index is -3.06. The van der Waals surface area contributed by atoms with E-state index in [4.69, 9.17) is 9.84 Å². The molecule has 1 N–H and O–H groups in total. The van der Waals surface area contributed by atoms with Crippen molar-refractivity contribution in [3.63, 3.8) is 0 Å². The van der Waals surface area contributed by atoms with Crippen LogP contribution in [-0.2, 0) is 14.3 Å². The summed E-state index contributed by atoms with van der Waals surface area (Å²) in [6, 6.07) is -1.95. The van der Waals surface area contributed by atoms with Crippen LogP contribution >= 0.6 is 0 Å². The highest BCUT2D eigenvalue weighted by atomic mass is 19.3. The van der Waals surface area contributed by atoms with Gasteiger partial charge < -0.3 is 9.84 Å². The zero-order chi connectivity index (χ0) is 12.9. The number of carboxylic acids is 1.